The van der Waals surface area contributed by atoms with Gasteiger partial charge in [0, 0.05) is 5.92 Å². The Balaban J connectivity index is 1.74. The summed E-state index contributed by atoms with van der Waals surface area (Å²) in [6.45, 7) is 0.524. The molecule has 4 heteroatoms. The van der Waals surface area contributed by atoms with Gasteiger partial charge in [0.2, 0.25) is 0 Å². The molecule has 0 spiro atoms. The summed E-state index contributed by atoms with van der Waals surface area (Å²) in [5, 5.41) is 0. The van der Waals surface area contributed by atoms with Crippen molar-refractivity contribution in [3.63, 3.8) is 0 Å². The molecule has 0 aromatic carbocycles. The Labute approximate surface area is 77.1 Å². The second-order valence-corrected chi connectivity index (χ2v) is 3.58. The molecule has 0 bridgehead atoms. The van der Waals surface area contributed by atoms with E-state index in [9.17, 15) is 4.79 Å². The largest absolute Gasteiger partial charge is 0.469 e. The SMILES string of the molecule is COC(=O)CC1COC(C2CC2)O1. The number of hydrogen-bond donors (Lipinski definition) is 0. The first kappa shape index (κ1) is 8.97. The van der Waals surface area contributed by atoms with Crippen LogP contribution in [0.15, 0.2) is 0 Å². The van der Waals surface area contributed by atoms with Crippen molar-refractivity contribution < 1.29 is 19.0 Å². The lowest BCUT2D eigenvalue weighted by Gasteiger charge is -2.08. The van der Waals surface area contributed by atoms with Gasteiger partial charge in [0.25, 0.3) is 0 Å². The summed E-state index contributed by atoms with van der Waals surface area (Å²) in [6.07, 6.45) is 2.53. The van der Waals surface area contributed by atoms with E-state index in [-0.39, 0.29) is 18.4 Å². The zero-order valence-electron chi connectivity index (χ0n) is 7.69. The quantitative estimate of drug-likeness (QED) is 0.609. The second kappa shape index (κ2) is 3.64. The number of methoxy groups -OCH3 is 1. The predicted molar refractivity (Wildman–Crippen MR) is 44.0 cm³/mol. The Hall–Kier alpha value is -0.610. The van der Waals surface area contributed by atoms with Gasteiger partial charge in [-0.25, -0.2) is 0 Å². The van der Waals surface area contributed by atoms with Gasteiger partial charge in [-0.05, 0) is 12.8 Å². The molecular weight excluding hydrogens is 172 g/mol. The molecule has 2 fully saturated rings. The number of esters is 1. The van der Waals surface area contributed by atoms with Crippen LogP contribution < -0.4 is 0 Å². The van der Waals surface area contributed by atoms with Crippen molar-refractivity contribution in [3.05, 3.63) is 0 Å². The lowest BCUT2D eigenvalue weighted by Crippen LogP contribution is -2.18. The normalized spacial score (nSPS) is 33.3. The number of carbonyl (C=O) groups is 1. The third-order valence-corrected chi connectivity index (χ3v) is 2.40. The lowest BCUT2D eigenvalue weighted by atomic mass is 10.3. The summed E-state index contributed by atoms with van der Waals surface area (Å²) >= 11 is 0. The first-order valence-electron chi connectivity index (χ1n) is 4.63. The number of rotatable bonds is 3. The highest BCUT2D eigenvalue weighted by atomic mass is 16.7. The van der Waals surface area contributed by atoms with Crippen LogP contribution in [0, 0.1) is 5.92 Å². The van der Waals surface area contributed by atoms with Crippen molar-refractivity contribution in [3.8, 4) is 0 Å². The fourth-order valence-corrected chi connectivity index (χ4v) is 1.46. The molecule has 2 unspecified atom stereocenters. The van der Waals surface area contributed by atoms with Crippen LogP contribution in [-0.2, 0) is 19.0 Å². The molecule has 0 N–H and O–H groups in total. The molecule has 1 heterocycles. The summed E-state index contributed by atoms with van der Waals surface area (Å²) in [7, 11) is 1.39. The van der Waals surface area contributed by atoms with E-state index in [0.29, 0.717) is 18.9 Å². The van der Waals surface area contributed by atoms with E-state index in [1.807, 2.05) is 0 Å². The van der Waals surface area contributed by atoms with Crippen LogP contribution in [0.4, 0.5) is 0 Å². The molecular formula is C9H14O4. The standard InChI is InChI=1S/C9H14O4/c1-11-8(10)4-7-5-12-9(13-7)6-2-3-6/h6-7,9H,2-5H2,1H3. The van der Waals surface area contributed by atoms with Crippen molar-refractivity contribution in [2.75, 3.05) is 13.7 Å². The van der Waals surface area contributed by atoms with Crippen molar-refractivity contribution in [1.82, 2.24) is 0 Å². The average molecular weight is 186 g/mol. The molecule has 2 aliphatic rings. The van der Waals surface area contributed by atoms with Gasteiger partial charge in [-0.15, -0.1) is 0 Å². The van der Waals surface area contributed by atoms with Crippen LogP contribution >= 0.6 is 0 Å². The number of carbonyl (C=O) groups excluding carboxylic acids is 1. The zero-order valence-corrected chi connectivity index (χ0v) is 7.69. The first-order chi connectivity index (χ1) is 6.29. The highest BCUT2D eigenvalue weighted by Crippen LogP contribution is 2.37. The molecule has 13 heavy (non-hydrogen) atoms. The predicted octanol–water partition coefficient (Wildman–Crippen LogP) is 0.701. The third kappa shape index (κ3) is 2.19. The number of hydrogen-bond acceptors (Lipinski definition) is 4. The maximum absolute atomic E-state index is 10.9. The lowest BCUT2D eigenvalue weighted by molar-refractivity contribution is -0.144. The van der Waals surface area contributed by atoms with Crippen molar-refractivity contribution >= 4 is 5.97 Å². The third-order valence-electron chi connectivity index (χ3n) is 2.40. The fourth-order valence-electron chi connectivity index (χ4n) is 1.46. The van der Waals surface area contributed by atoms with Gasteiger partial charge in [-0.2, -0.15) is 0 Å². The van der Waals surface area contributed by atoms with E-state index < -0.39 is 0 Å². The Kier molecular flexibility index (Phi) is 2.51. The van der Waals surface area contributed by atoms with E-state index in [4.69, 9.17) is 9.47 Å². The number of ether oxygens (including phenoxy) is 3. The van der Waals surface area contributed by atoms with E-state index >= 15 is 0 Å². The topological polar surface area (TPSA) is 44.8 Å². The van der Waals surface area contributed by atoms with Crippen LogP contribution in [-0.4, -0.2) is 32.1 Å². The first-order valence-corrected chi connectivity index (χ1v) is 4.63. The Morgan fingerprint density at radius 3 is 2.92 bits per heavy atom. The molecule has 1 aliphatic carbocycles. The van der Waals surface area contributed by atoms with Gasteiger partial charge in [0.05, 0.1) is 26.2 Å². The average Bonchev–Trinajstić information content (AvgIpc) is 2.88. The van der Waals surface area contributed by atoms with Gasteiger partial charge < -0.3 is 14.2 Å². The van der Waals surface area contributed by atoms with Crippen LogP contribution in [0.3, 0.4) is 0 Å². The summed E-state index contributed by atoms with van der Waals surface area (Å²) in [6, 6.07) is 0. The van der Waals surface area contributed by atoms with Crippen LogP contribution in [0.5, 0.6) is 0 Å². The van der Waals surface area contributed by atoms with E-state index in [0.717, 1.165) is 0 Å². The zero-order chi connectivity index (χ0) is 9.26. The molecule has 1 aliphatic heterocycles. The van der Waals surface area contributed by atoms with Gasteiger partial charge in [0.15, 0.2) is 6.29 Å². The second-order valence-electron chi connectivity index (χ2n) is 3.58. The summed E-state index contributed by atoms with van der Waals surface area (Å²) in [4.78, 5) is 10.9. The Morgan fingerprint density at radius 1 is 1.54 bits per heavy atom. The van der Waals surface area contributed by atoms with Crippen LogP contribution in [0.1, 0.15) is 19.3 Å². The molecule has 0 aromatic heterocycles. The Bertz CT molecular complexity index is 200. The van der Waals surface area contributed by atoms with Crippen molar-refractivity contribution in [2.45, 2.75) is 31.7 Å². The molecule has 1 saturated heterocycles. The molecule has 2 rings (SSSR count). The van der Waals surface area contributed by atoms with Crippen molar-refractivity contribution in [1.29, 1.82) is 0 Å². The molecule has 1 saturated carbocycles. The van der Waals surface area contributed by atoms with Gasteiger partial charge in [-0.1, -0.05) is 0 Å². The summed E-state index contributed by atoms with van der Waals surface area (Å²) in [5.41, 5.74) is 0. The summed E-state index contributed by atoms with van der Waals surface area (Å²) < 4.78 is 15.5. The smallest absolute Gasteiger partial charge is 0.308 e. The van der Waals surface area contributed by atoms with Crippen LogP contribution in [0.25, 0.3) is 0 Å². The molecule has 2 atom stereocenters. The van der Waals surface area contributed by atoms with E-state index in [1.54, 1.807) is 0 Å². The van der Waals surface area contributed by atoms with Gasteiger partial charge in [0.1, 0.15) is 0 Å². The molecule has 74 valence electrons. The van der Waals surface area contributed by atoms with Crippen LogP contribution in [0.2, 0.25) is 0 Å². The maximum Gasteiger partial charge on any atom is 0.308 e. The van der Waals surface area contributed by atoms with Crippen molar-refractivity contribution in [2.24, 2.45) is 5.92 Å². The minimum atomic E-state index is -0.231. The van der Waals surface area contributed by atoms with E-state index in [1.165, 1.54) is 20.0 Å². The minimum Gasteiger partial charge on any atom is -0.469 e. The minimum absolute atomic E-state index is 0.0605. The fraction of sp³-hybridized carbons (Fsp3) is 0.889. The Morgan fingerprint density at radius 2 is 2.31 bits per heavy atom. The monoisotopic (exact) mass is 186 g/mol. The van der Waals surface area contributed by atoms with Gasteiger partial charge >= 0.3 is 5.97 Å². The maximum atomic E-state index is 10.9. The summed E-state index contributed by atoms with van der Waals surface area (Å²) in [5.74, 6) is 0.340. The molecule has 0 aromatic rings. The molecule has 4 nitrogen and oxygen atoms in total. The highest BCUT2D eigenvalue weighted by molar-refractivity contribution is 5.69. The molecule has 0 amide bonds. The van der Waals surface area contributed by atoms with Gasteiger partial charge in [-0.3, -0.25) is 4.79 Å². The molecule has 0 radical (unpaired) electrons. The highest BCUT2D eigenvalue weighted by Gasteiger charge is 2.39. The van der Waals surface area contributed by atoms with E-state index in [2.05, 4.69) is 4.74 Å².